The molecule has 2 aliphatic heterocycles. The van der Waals surface area contributed by atoms with Gasteiger partial charge in [0.05, 0.1) is 24.0 Å². The van der Waals surface area contributed by atoms with Crippen LogP contribution in [0, 0.1) is 25.6 Å². The van der Waals surface area contributed by atoms with E-state index < -0.39 is 21.8 Å². The van der Waals surface area contributed by atoms with Crippen molar-refractivity contribution < 1.29 is 22.9 Å². The Bertz CT molecular complexity index is 1330. The van der Waals surface area contributed by atoms with Crippen molar-refractivity contribution in [2.75, 3.05) is 32.6 Å². The third-order valence-corrected chi connectivity index (χ3v) is 7.48. The third kappa shape index (κ3) is 5.77. The molecule has 0 radical (unpaired) electrons. The molecule has 4 atom stereocenters. The van der Waals surface area contributed by atoms with Gasteiger partial charge in [-0.2, -0.15) is 4.36 Å². The molecule has 1 aromatic carbocycles. The lowest BCUT2D eigenvalue weighted by molar-refractivity contribution is -0.136. The van der Waals surface area contributed by atoms with Gasteiger partial charge in [-0.1, -0.05) is 0 Å². The lowest BCUT2D eigenvalue weighted by atomic mass is 9.77. The average Bonchev–Trinajstić information content (AvgIpc) is 3.24. The molecule has 1 aromatic heterocycles. The molecule has 4 rings (SSSR count). The summed E-state index contributed by atoms with van der Waals surface area (Å²) >= 11 is 0. The van der Waals surface area contributed by atoms with Crippen LogP contribution in [0.1, 0.15) is 36.0 Å². The van der Waals surface area contributed by atoms with Crippen LogP contribution in [-0.4, -0.2) is 70.6 Å². The smallest absolute Gasteiger partial charge is 0.239 e. The van der Waals surface area contributed by atoms with Crippen molar-refractivity contribution in [1.82, 2.24) is 20.5 Å². The van der Waals surface area contributed by atoms with Gasteiger partial charge in [-0.3, -0.25) is 14.9 Å². The summed E-state index contributed by atoms with van der Waals surface area (Å²) in [6, 6.07) is 3.56. The Hall–Kier alpha value is -3.05. The first kappa shape index (κ1) is 27.0. The van der Waals surface area contributed by atoms with Crippen LogP contribution in [0.15, 0.2) is 28.8 Å². The second-order valence-corrected chi connectivity index (χ2v) is 12.7. The molecule has 9 nitrogen and oxygen atoms in total. The number of nitrogens with zero attached hydrogens (tertiary/aromatic N) is 3. The highest BCUT2D eigenvalue weighted by Crippen LogP contribution is 2.44. The molecule has 37 heavy (non-hydrogen) atoms. The fourth-order valence-corrected chi connectivity index (χ4v) is 5.91. The van der Waals surface area contributed by atoms with Gasteiger partial charge < -0.3 is 15.0 Å². The van der Waals surface area contributed by atoms with E-state index in [4.69, 9.17) is 4.74 Å². The molecule has 4 unspecified atom stereocenters. The Labute approximate surface area is 217 Å². The predicted molar refractivity (Wildman–Crippen MR) is 140 cm³/mol. The molecule has 2 aromatic rings. The summed E-state index contributed by atoms with van der Waals surface area (Å²) in [4.78, 5) is 31.9. The van der Waals surface area contributed by atoms with Crippen molar-refractivity contribution >= 4 is 27.2 Å². The van der Waals surface area contributed by atoms with Gasteiger partial charge in [0.2, 0.25) is 17.7 Å². The van der Waals surface area contributed by atoms with Crippen LogP contribution in [-0.2, 0) is 19.3 Å². The number of hydrogen-bond acceptors (Lipinski definition) is 7. The zero-order chi connectivity index (χ0) is 27.1. The summed E-state index contributed by atoms with van der Waals surface area (Å²) in [6.45, 7) is 6.27. The van der Waals surface area contributed by atoms with Crippen LogP contribution in [0.2, 0.25) is 0 Å². The van der Waals surface area contributed by atoms with E-state index in [1.54, 1.807) is 44.4 Å². The highest BCUT2D eigenvalue weighted by molar-refractivity contribution is 7.92. The molecule has 0 spiro atoms. The summed E-state index contributed by atoms with van der Waals surface area (Å²) in [5.74, 6) is -0.186. The van der Waals surface area contributed by atoms with Crippen molar-refractivity contribution in [2.24, 2.45) is 10.3 Å². The first-order chi connectivity index (χ1) is 17.4. The molecule has 200 valence electrons. The van der Waals surface area contributed by atoms with Crippen molar-refractivity contribution in [3.8, 4) is 11.6 Å². The number of fused-ring (bicyclic) bond motifs is 1. The van der Waals surface area contributed by atoms with Gasteiger partial charge in [-0.25, -0.2) is 13.6 Å². The molecule has 2 saturated heterocycles. The number of piperidine rings is 1. The number of likely N-dealkylation sites (tertiary alicyclic amines) is 1. The molecule has 2 N–H and O–H groups in total. The molecule has 3 heterocycles. The first-order valence-corrected chi connectivity index (χ1v) is 14.6. The highest BCUT2D eigenvalue weighted by Gasteiger charge is 2.50. The largest absolute Gasteiger partial charge is 0.438 e. The summed E-state index contributed by atoms with van der Waals surface area (Å²) in [7, 11) is -0.725. The number of aryl methyl sites for hydroxylation is 2. The minimum absolute atomic E-state index is 0.0697. The second-order valence-electron chi connectivity index (χ2n) is 10.1. The normalized spacial score (nSPS) is 23.5. The zero-order valence-electron chi connectivity index (χ0n) is 22.0. The Morgan fingerprint density at radius 2 is 1.97 bits per heavy atom. The van der Waals surface area contributed by atoms with Gasteiger partial charge in [0, 0.05) is 53.9 Å². The molecule has 0 aliphatic carbocycles. The number of pyridine rings is 1. The van der Waals surface area contributed by atoms with E-state index in [1.807, 2.05) is 6.92 Å². The number of carbonyl (C=O) groups excluding carboxylic acids is 2. The number of likely N-dealkylation sites (N-methyl/N-ethyl adjacent to an activating group) is 2. The number of rotatable bonds is 6. The van der Waals surface area contributed by atoms with Crippen molar-refractivity contribution in [2.45, 2.75) is 45.2 Å². The Kier molecular flexibility index (Phi) is 7.57. The maximum Gasteiger partial charge on any atom is 0.239 e. The Balaban J connectivity index is 1.81. The van der Waals surface area contributed by atoms with Crippen LogP contribution in [0.5, 0.6) is 11.6 Å². The van der Waals surface area contributed by atoms with Gasteiger partial charge in [-0.05, 0) is 62.4 Å². The SMILES string of the molecule is CCNC(=O)C1CC2C(N1)C(=O)N(C)CC2c1cc(N=S(C)(C)=O)cnc1Oc1c(C)cc(F)cc1C. The van der Waals surface area contributed by atoms with Gasteiger partial charge in [-0.15, -0.1) is 0 Å². The lowest BCUT2D eigenvalue weighted by Crippen LogP contribution is -2.54. The molecule has 2 fully saturated rings. The number of carbonyl (C=O) groups is 2. The summed E-state index contributed by atoms with van der Waals surface area (Å²) in [5, 5.41) is 6.06. The first-order valence-electron chi connectivity index (χ1n) is 12.3. The van der Waals surface area contributed by atoms with Gasteiger partial charge in [0.15, 0.2) is 0 Å². The number of aromatic nitrogens is 1. The average molecular weight is 532 g/mol. The minimum atomic E-state index is -2.46. The van der Waals surface area contributed by atoms with Gasteiger partial charge >= 0.3 is 0 Å². The van der Waals surface area contributed by atoms with E-state index in [9.17, 15) is 18.2 Å². The topological polar surface area (TPSA) is 113 Å². The number of hydrogen-bond donors (Lipinski definition) is 2. The third-order valence-electron chi connectivity index (χ3n) is 6.83. The Morgan fingerprint density at radius 1 is 1.30 bits per heavy atom. The summed E-state index contributed by atoms with van der Waals surface area (Å²) in [5.41, 5.74) is 2.38. The number of benzene rings is 1. The molecule has 2 amide bonds. The van der Waals surface area contributed by atoms with Crippen LogP contribution in [0.25, 0.3) is 0 Å². The van der Waals surface area contributed by atoms with Crippen molar-refractivity contribution in [3.63, 3.8) is 0 Å². The summed E-state index contributed by atoms with van der Waals surface area (Å²) in [6.07, 6.45) is 5.06. The lowest BCUT2D eigenvalue weighted by Gasteiger charge is -2.38. The van der Waals surface area contributed by atoms with Gasteiger partial charge in [0.1, 0.15) is 11.6 Å². The van der Waals surface area contributed by atoms with Crippen molar-refractivity contribution in [3.05, 3.63) is 46.9 Å². The van der Waals surface area contributed by atoms with Crippen LogP contribution >= 0.6 is 0 Å². The molecule has 0 bridgehead atoms. The van der Waals surface area contributed by atoms with E-state index in [0.29, 0.717) is 53.5 Å². The highest BCUT2D eigenvalue weighted by atomic mass is 32.2. The van der Waals surface area contributed by atoms with E-state index in [2.05, 4.69) is 20.0 Å². The minimum Gasteiger partial charge on any atom is -0.438 e. The summed E-state index contributed by atoms with van der Waals surface area (Å²) < 4.78 is 37.0. The van der Waals surface area contributed by atoms with E-state index in [1.165, 1.54) is 18.3 Å². The number of nitrogens with one attached hydrogen (secondary N) is 2. The molecule has 11 heteroatoms. The molecule has 0 saturated carbocycles. The van der Waals surface area contributed by atoms with E-state index in [-0.39, 0.29) is 29.5 Å². The quantitative estimate of drug-likeness (QED) is 0.593. The predicted octanol–water partition coefficient (Wildman–Crippen LogP) is 3.03. The fourth-order valence-electron chi connectivity index (χ4n) is 5.30. The van der Waals surface area contributed by atoms with Crippen LogP contribution < -0.4 is 15.4 Å². The van der Waals surface area contributed by atoms with E-state index >= 15 is 0 Å². The second kappa shape index (κ2) is 10.4. The van der Waals surface area contributed by atoms with Crippen LogP contribution in [0.3, 0.4) is 0 Å². The number of amides is 2. The standard InChI is InChI=1S/C26H34FN5O4S/c1-7-28-24(33)21-11-18-20(13-32(4)26(34)22(18)30-21)19-10-17(31-37(5,6)35)12-29-25(19)36-23-14(2)8-16(27)9-15(23)3/h8-10,12,18,20-22,30H,7,11,13H2,1-6H3,(H,28,33). The molecular formula is C26H34FN5O4S. The van der Waals surface area contributed by atoms with E-state index in [0.717, 1.165) is 0 Å². The zero-order valence-corrected chi connectivity index (χ0v) is 22.8. The van der Waals surface area contributed by atoms with Crippen molar-refractivity contribution in [1.29, 1.82) is 0 Å². The number of ether oxygens (including phenoxy) is 1. The fraction of sp³-hybridized carbons (Fsp3) is 0.500. The Morgan fingerprint density at radius 3 is 2.59 bits per heavy atom. The van der Waals surface area contributed by atoms with Crippen LogP contribution in [0.4, 0.5) is 10.1 Å². The molecule has 2 aliphatic rings. The molecular weight excluding hydrogens is 497 g/mol. The maximum atomic E-state index is 13.9. The van der Waals surface area contributed by atoms with Gasteiger partial charge in [0.25, 0.3) is 0 Å². The number of halogens is 1. The monoisotopic (exact) mass is 531 g/mol. The maximum absolute atomic E-state index is 13.9.